The van der Waals surface area contributed by atoms with E-state index in [0.29, 0.717) is 16.5 Å². The third kappa shape index (κ3) is 2.73. The van der Waals surface area contributed by atoms with Gasteiger partial charge in [-0.25, -0.2) is 4.98 Å². The molecule has 114 valence electrons. The van der Waals surface area contributed by atoms with Crippen LogP contribution in [0.2, 0.25) is 0 Å². The van der Waals surface area contributed by atoms with Gasteiger partial charge in [-0.2, -0.15) is 0 Å². The minimum atomic E-state index is -0.747. The summed E-state index contributed by atoms with van der Waals surface area (Å²) in [5.74, 6) is 0.309. The normalized spacial score (nSPS) is 13.7. The van der Waals surface area contributed by atoms with E-state index in [9.17, 15) is 9.59 Å². The summed E-state index contributed by atoms with van der Waals surface area (Å²) in [5.41, 5.74) is 6.18. The first-order chi connectivity index (χ1) is 10.5. The third-order valence-electron chi connectivity index (χ3n) is 3.13. The van der Waals surface area contributed by atoms with Gasteiger partial charge in [0.2, 0.25) is 12.7 Å². The van der Waals surface area contributed by atoms with Crippen molar-refractivity contribution in [2.45, 2.75) is 13.0 Å². The molecule has 0 unspecified atom stereocenters. The maximum absolute atomic E-state index is 12.0. The molecule has 3 rings (SSSR count). The van der Waals surface area contributed by atoms with Gasteiger partial charge in [-0.1, -0.05) is 0 Å². The standard InChI is InChI=1S/C14H13N3O4S/c1-7(12(15)18)16-13(19)9-5-22-14(17-9)8-2-3-10-11(4-8)21-6-20-10/h2-5,7H,6H2,1H3,(H2,15,18)(H,16,19)/t7-/m1/s1. The van der Waals surface area contributed by atoms with Crippen LogP contribution in [0.1, 0.15) is 17.4 Å². The number of nitrogens with one attached hydrogen (secondary N) is 1. The molecule has 8 heteroatoms. The predicted octanol–water partition coefficient (Wildman–Crippen LogP) is 1.14. The number of fused-ring (bicyclic) bond motifs is 1. The Morgan fingerprint density at radius 3 is 2.91 bits per heavy atom. The molecule has 7 nitrogen and oxygen atoms in total. The van der Waals surface area contributed by atoms with Crippen molar-refractivity contribution in [3.8, 4) is 22.1 Å². The highest BCUT2D eigenvalue weighted by Gasteiger charge is 2.18. The Morgan fingerprint density at radius 2 is 2.14 bits per heavy atom. The van der Waals surface area contributed by atoms with Crippen molar-refractivity contribution in [3.63, 3.8) is 0 Å². The first kappa shape index (κ1) is 14.3. The van der Waals surface area contributed by atoms with E-state index in [1.54, 1.807) is 11.4 Å². The molecule has 0 fully saturated rings. The average molecular weight is 319 g/mol. The number of hydrogen-bond donors (Lipinski definition) is 2. The van der Waals surface area contributed by atoms with Gasteiger partial charge in [0.15, 0.2) is 11.5 Å². The summed E-state index contributed by atoms with van der Waals surface area (Å²) >= 11 is 1.33. The van der Waals surface area contributed by atoms with E-state index < -0.39 is 17.9 Å². The molecule has 2 amide bonds. The van der Waals surface area contributed by atoms with Crippen LogP contribution in [-0.2, 0) is 4.79 Å². The van der Waals surface area contributed by atoms with Gasteiger partial charge in [-0.3, -0.25) is 9.59 Å². The van der Waals surface area contributed by atoms with Gasteiger partial charge < -0.3 is 20.5 Å². The van der Waals surface area contributed by atoms with Crippen LogP contribution in [0, 0.1) is 0 Å². The minimum absolute atomic E-state index is 0.204. The molecule has 3 N–H and O–H groups in total. The highest BCUT2D eigenvalue weighted by atomic mass is 32.1. The molecular formula is C14H13N3O4S. The summed E-state index contributed by atoms with van der Waals surface area (Å²) in [4.78, 5) is 27.2. The van der Waals surface area contributed by atoms with E-state index in [4.69, 9.17) is 15.2 Å². The van der Waals surface area contributed by atoms with Gasteiger partial charge in [-0.15, -0.1) is 11.3 Å². The molecule has 1 aromatic carbocycles. The molecule has 1 atom stereocenters. The second-order valence-corrected chi connectivity index (χ2v) is 5.56. The molecule has 2 aromatic rings. The number of benzene rings is 1. The Bertz CT molecular complexity index is 743. The molecule has 1 aliphatic heterocycles. The Balaban J connectivity index is 1.79. The number of nitrogens with two attached hydrogens (primary N) is 1. The van der Waals surface area contributed by atoms with E-state index in [1.165, 1.54) is 18.3 Å². The largest absolute Gasteiger partial charge is 0.454 e. The number of aromatic nitrogens is 1. The number of thiazole rings is 1. The lowest BCUT2D eigenvalue weighted by atomic mass is 10.2. The van der Waals surface area contributed by atoms with Crippen LogP contribution >= 0.6 is 11.3 Å². The highest BCUT2D eigenvalue weighted by molar-refractivity contribution is 7.13. The Labute approximate surface area is 130 Å². The number of amides is 2. The third-order valence-corrected chi connectivity index (χ3v) is 4.02. The number of primary amides is 1. The van der Waals surface area contributed by atoms with Crippen LogP contribution in [0.5, 0.6) is 11.5 Å². The smallest absolute Gasteiger partial charge is 0.271 e. The van der Waals surface area contributed by atoms with Crippen LogP contribution in [0.15, 0.2) is 23.6 Å². The number of carbonyl (C=O) groups excluding carboxylic acids is 2. The fourth-order valence-corrected chi connectivity index (χ4v) is 2.68. The number of nitrogens with zero attached hydrogens (tertiary/aromatic N) is 1. The van der Waals surface area contributed by atoms with Crippen molar-refractivity contribution in [1.29, 1.82) is 0 Å². The Hall–Kier alpha value is -2.61. The summed E-state index contributed by atoms with van der Waals surface area (Å²) < 4.78 is 10.6. The minimum Gasteiger partial charge on any atom is -0.454 e. The van der Waals surface area contributed by atoms with Crippen LogP contribution < -0.4 is 20.5 Å². The van der Waals surface area contributed by atoms with E-state index in [2.05, 4.69) is 10.3 Å². The Kier molecular flexibility index (Phi) is 3.68. The van der Waals surface area contributed by atoms with Crippen molar-refractivity contribution in [2.75, 3.05) is 6.79 Å². The van der Waals surface area contributed by atoms with Gasteiger partial charge in [0.25, 0.3) is 5.91 Å². The molecule has 0 saturated carbocycles. The van der Waals surface area contributed by atoms with E-state index in [1.807, 2.05) is 12.1 Å². The molecule has 1 aromatic heterocycles. The molecule has 0 spiro atoms. The monoisotopic (exact) mass is 319 g/mol. The first-order valence-electron chi connectivity index (χ1n) is 6.50. The highest BCUT2D eigenvalue weighted by Crippen LogP contribution is 2.36. The van der Waals surface area contributed by atoms with E-state index >= 15 is 0 Å². The summed E-state index contributed by atoms with van der Waals surface area (Å²) in [7, 11) is 0. The number of ether oxygens (including phenoxy) is 2. The van der Waals surface area contributed by atoms with Crippen LogP contribution in [0.4, 0.5) is 0 Å². The number of rotatable bonds is 4. The van der Waals surface area contributed by atoms with Crippen molar-refractivity contribution in [2.24, 2.45) is 5.73 Å². The van der Waals surface area contributed by atoms with Crippen molar-refractivity contribution >= 4 is 23.2 Å². The lowest BCUT2D eigenvalue weighted by Gasteiger charge is -2.07. The SMILES string of the molecule is C[C@@H](NC(=O)c1csc(-c2ccc3c(c2)OCO3)n1)C(N)=O. The van der Waals surface area contributed by atoms with Gasteiger partial charge in [0, 0.05) is 10.9 Å². The molecule has 2 heterocycles. The quantitative estimate of drug-likeness (QED) is 0.879. The average Bonchev–Trinajstić information content (AvgIpc) is 3.15. The van der Waals surface area contributed by atoms with Gasteiger partial charge in [0.1, 0.15) is 16.7 Å². The van der Waals surface area contributed by atoms with E-state index in [-0.39, 0.29) is 12.5 Å². The summed E-state index contributed by atoms with van der Waals surface area (Å²) in [6, 6.07) is 4.71. The zero-order valence-electron chi connectivity index (χ0n) is 11.7. The molecular weight excluding hydrogens is 306 g/mol. The summed E-state index contributed by atoms with van der Waals surface area (Å²) in [5, 5.41) is 4.79. The zero-order valence-corrected chi connectivity index (χ0v) is 12.5. The van der Waals surface area contributed by atoms with Crippen LogP contribution in [0.25, 0.3) is 10.6 Å². The summed E-state index contributed by atoms with van der Waals surface area (Å²) in [6.45, 7) is 1.72. The predicted molar refractivity (Wildman–Crippen MR) is 79.8 cm³/mol. The fraction of sp³-hybridized carbons (Fsp3) is 0.214. The van der Waals surface area contributed by atoms with E-state index in [0.717, 1.165) is 5.56 Å². The molecule has 1 aliphatic rings. The van der Waals surface area contributed by atoms with Gasteiger partial charge in [-0.05, 0) is 25.1 Å². The molecule has 0 aliphatic carbocycles. The lowest BCUT2D eigenvalue weighted by Crippen LogP contribution is -2.42. The molecule has 0 radical (unpaired) electrons. The fourth-order valence-electron chi connectivity index (χ4n) is 1.88. The first-order valence-corrected chi connectivity index (χ1v) is 7.38. The maximum atomic E-state index is 12.0. The second kappa shape index (κ2) is 5.64. The summed E-state index contributed by atoms with van der Waals surface area (Å²) in [6.07, 6.45) is 0. The molecule has 0 bridgehead atoms. The number of carbonyl (C=O) groups is 2. The van der Waals surface area contributed by atoms with Crippen LogP contribution in [0.3, 0.4) is 0 Å². The lowest BCUT2D eigenvalue weighted by molar-refractivity contribution is -0.119. The topological polar surface area (TPSA) is 104 Å². The number of hydrogen-bond acceptors (Lipinski definition) is 6. The molecule has 22 heavy (non-hydrogen) atoms. The van der Waals surface area contributed by atoms with Crippen molar-refractivity contribution < 1.29 is 19.1 Å². The Morgan fingerprint density at radius 1 is 1.36 bits per heavy atom. The molecule has 0 saturated heterocycles. The van der Waals surface area contributed by atoms with Gasteiger partial charge in [0.05, 0.1) is 0 Å². The van der Waals surface area contributed by atoms with Gasteiger partial charge >= 0.3 is 0 Å². The van der Waals surface area contributed by atoms with Crippen LogP contribution in [-0.4, -0.2) is 29.6 Å². The van der Waals surface area contributed by atoms with Crippen molar-refractivity contribution in [1.82, 2.24) is 10.3 Å². The zero-order chi connectivity index (χ0) is 15.7. The van der Waals surface area contributed by atoms with Crippen molar-refractivity contribution in [3.05, 3.63) is 29.3 Å². The second-order valence-electron chi connectivity index (χ2n) is 4.70. The maximum Gasteiger partial charge on any atom is 0.271 e.